The summed E-state index contributed by atoms with van der Waals surface area (Å²) in [7, 11) is -2.74. The molecule has 0 amide bonds. The number of nitrogens with zero attached hydrogens (tertiary/aromatic N) is 5. The van der Waals surface area contributed by atoms with E-state index in [-0.39, 0.29) is 66.0 Å². The van der Waals surface area contributed by atoms with Crippen LogP contribution in [0, 0.1) is 25.7 Å². The Morgan fingerprint density at radius 2 is 1.79 bits per heavy atom. The van der Waals surface area contributed by atoms with Gasteiger partial charge in [-0.3, -0.25) is 4.98 Å². The van der Waals surface area contributed by atoms with Gasteiger partial charge in [0.15, 0.2) is 5.65 Å². The molecule has 13 nitrogen and oxygen atoms in total. The molecule has 0 spiro atoms. The molecule has 3 N–H and O–H groups in total. The molecule has 0 radical (unpaired) electrons. The van der Waals surface area contributed by atoms with Gasteiger partial charge in [-0.05, 0) is 74.4 Å². The van der Waals surface area contributed by atoms with Gasteiger partial charge in [-0.1, -0.05) is 38.1 Å². The Bertz CT molecular complexity index is 2410. The van der Waals surface area contributed by atoms with Crippen LogP contribution in [0.4, 0.5) is 19.1 Å². The average molecular weight is 808 g/mol. The molecule has 2 aliphatic rings. The minimum Gasteiger partial charge on any atom is -0.478 e. The first kappa shape index (κ1) is 40.1. The topological polar surface area (TPSA) is 170 Å². The molecule has 5 aromatic rings. The van der Waals surface area contributed by atoms with Crippen molar-refractivity contribution in [2.45, 2.75) is 75.5 Å². The number of carboxylic acids is 1. The number of carbonyl (C=O) groups is 1. The van der Waals surface area contributed by atoms with Gasteiger partial charge in [-0.15, -0.1) is 0 Å². The van der Waals surface area contributed by atoms with Crippen molar-refractivity contribution in [2.24, 2.45) is 18.9 Å². The number of rotatable bonds is 12. The molecule has 57 heavy (non-hydrogen) atoms. The third kappa shape index (κ3) is 8.18. The van der Waals surface area contributed by atoms with Crippen molar-refractivity contribution >= 4 is 33.1 Å². The summed E-state index contributed by atoms with van der Waals surface area (Å²) in [4.78, 5) is 29.6. The van der Waals surface area contributed by atoms with Crippen LogP contribution in [-0.2, 0) is 27.2 Å². The molecule has 4 heterocycles. The summed E-state index contributed by atoms with van der Waals surface area (Å²) in [5.74, 6) is -1.20. The summed E-state index contributed by atoms with van der Waals surface area (Å²) in [6.45, 7) is 8.73. The van der Waals surface area contributed by atoms with Crippen molar-refractivity contribution in [3.8, 4) is 17.1 Å². The quantitative estimate of drug-likeness (QED) is 0.120. The fraction of sp³-hybridized carbons (Fsp3) is 0.425. The molecule has 0 bridgehead atoms. The molecular weight excluding hydrogens is 764 g/mol. The molecule has 1 unspecified atom stereocenters. The number of alkyl halides is 3. The monoisotopic (exact) mass is 807 g/mol. The summed E-state index contributed by atoms with van der Waals surface area (Å²) in [5.41, 5.74) is 2.24. The molecular formula is C40H44F3N7O6S. The van der Waals surface area contributed by atoms with Crippen LogP contribution in [0.15, 0.2) is 65.7 Å². The van der Waals surface area contributed by atoms with Crippen molar-refractivity contribution in [1.29, 1.82) is 0 Å². The van der Waals surface area contributed by atoms with Crippen LogP contribution in [0.5, 0.6) is 5.88 Å². The van der Waals surface area contributed by atoms with Crippen molar-refractivity contribution in [1.82, 2.24) is 29.8 Å². The van der Waals surface area contributed by atoms with Crippen LogP contribution in [-0.4, -0.2) is 76.0 Å². The predicted octanol–water partition coefficient (Wildman–Crippen LogP) is 6.91. The zero-order valence-corrected chi connectivity index (χ0v) is 32.9. The first-order chi connectivity index (χ1) is 27.0. The molecule has 3 atom stereocenters. The van der Waals surface area contributed by atoms with E-state index in [1.165, 1.54) is 28.8 Å². The van der Waals surface area contributed by atoms with E-state index >= 15 is 0 Å². The zero-order valence-electron chi connectivity index (χ0n) is 32.1. The van der Waals surface area contributed by atoms with Gasteiger partial charge in [0.05, 0.1) is 47.3 Å². The largest absolute Gasteiger partial charge is 0.478 e. The van der Waals surface area contributed by atoms with Crippen molar-refractivity contribution in [2.75, 3.05) is 24.5 Å². The number of aromatic carboxylic acids is 1. The van der Waals surface area contributed by atoms with Crippen molar-refractivity contribution in [3.63, 3.8) is 0 Å². The van der Waals surface area contributed by atoms with Gasteiger partial charge in [-0.2, -0.15) is 18.2 Å². The number of benzene rings is 2. The van der Waals surface area contributed by atoms with Gasteiger partial charge in [0.25, 0.3) is 10.0 Å². The molecule has 7 rings (SSSR count). The molecule has 3 aromatic heterocycles. The molecule has 1 saturated heterocycles. The highest BCUT2D eigenvalue weighted by atomic mass is 32.2. The lowest BCUT2D eigenvalue weighted by Crippen LogP contribution is -2.43. The summed E-state index contributed by atoms with van der Waals surface area (Å²) in [6.07, 6.45) is -1.99. The highest BCUT2D eigenvalue weighted by Gasteiger charge is 2.65. The van der Waals surface area contributed by atoms with Crippen LogP contribution >= 0.6 is 0 Å². The second-order valence-corrected chi connectivity index (χ2v) is 17.0. The van der Waals surface area contributed by atoms with Crippen molar-refractivity contribution in [3.05, 3.63) is 88.9 Å². The first-order valence-electron chi connectivity index (χ1n) is 18.6. The van der Waals surface area contributed by atoms with E-state index in [2.05, 4.69) is 38.8 Å². The molecule has 1 aliphatic carbocycles. The van der Waals surface area contributed by atoms with Crippen LogP contribution in [0.2, 0.25) is 0 Å². The average Bonchev–Trinajstić information content (AvgIpc) is 3.93. The number of ether oxygens (including phenoxy) is 2. The van der Waals surface area contributed by atoms with Crippen LogP contribution in [0.1, 0.15) is 72.0 Å². The number of hydrogen-bond donors (Lipinski definition) is 3. The maximum Gasteiger partial charge on any atom is 0.399 e. The van der Waals surface area contributed by atoms with E-state index in [1.54, 1.807) is 19.3 Å². The zero-order chi connectivity index (χ0) is 40.9. The Morgan fingerprint density at radius 3 is 2.46 bits per heavy atom. The fourth-order valence-corrected chi connectivity index (χ4v) is 8.65. The van der Waals surface area contributed by atoms with Crippen molar-refractivity contribution < 1.29 is 41.0 Å². The number of anilines is 1. The van der Waals surface area contributed by atoms with E-state index in [1.807, 2.05) is 32.0 Å². The lowest BCUT2D eigenvalue weighted by atomic mass is 9.91. The fourth-order valence-electron chi connectivity index (χ4n) is 7.66. The maximum absolute atomic E-state index is 14.1. The van der Waals surface area contributed by atoms with E-state index < -0.39 is 33.6 Å². The van der Waals surface area contributed by atoms with Gasteiger partial charge in [0.2, 0.25) is 11.8 Å². The Hall–Kier alpha value is -5.13. The van der Waals surface area contributed by atoms with E-state index in [4.69, 9.17) is 14.5 Å². The highest BCUT2D eigenvalue weighted by molar-refractivity contribution is 7.92. The summed E-state index contributed by atoms with van der Waals surface area (Å²) >= 11 is 0. The van der Waals surface area contributed by atoms with Crippen LogP contribution in [0.3, 0.4) is 0 Å². The maximum atomic E-state index is 14.1. The third-order valence-corrected chi connectivity index (χ3v) is 12.1. The standard InChI is InChI=1S/C40H44F3N7O6S/c1-22(2)14-26-19-55-20-32(30-18-44-29-16-33(50(5)36(29)46-30)39(12-13-39)40(41,42)43)45-31(26)21-56-34-17-28(35-23(3)8-6-9-24(35)4)47-38(48-34)49-57(53,54)27-11-7-10-25(15-27)37(51)52/h6-11,15-18,22,26,31-32,45H,12-14,19-21H2,1-5H3,(H,51,52)(H,47,48,49)/t26-,31+,32?/m1/s1. The van der Waals surface area contributed by atoms with Gasteiger partial charge >= 0.3 is 12.1 Å². The second-order valence-electron chi connectivity index (χ2n) is 15.4. The Kier molecular flexibility index (Phi) is 10.8. The lowest BCUT2D eigenvalue weighted by Gasteiger charge is -2.28. The number of aryl methyl sites for hydroxylation is 3. The van der Waals surface area contributed by atoms with Crippen LogP contribution < -0.4 is 14.8 Å². The highest BCUT2D eigenvalue weighted by Crippen LogP contribution is 2.59. The molecule has 2 aromatic carbocycles. The molecule has 2 fully saturated rings. The molecule has 1 saturated carbocycles. The number of fused-ring (bicyclic) bond motifs is 1. The van der Waals surface area contributed by atoms with Gasteiger partial charge in [-0.25, -0.2) is 27.9 Å². The van der Waals surface area contributed by atoms with Gasteiger partial charge < -0.3 is 24.5 Å². The SMILES string of the molecule is Cc1cccc(C)c1-c1cc(OC[C@@H]2NC(c3cnc4cc(C5(C(F)(F)F)CC5)n(C)c4n3)COC[C@H]2CC(C)C)nc(NS(=O)(=O)c2cccc(C(=O)O)c2)n1. The Morgan fingerprint density at radius 1 is 1.07 bits per heavy atom. The Labute approximate surface area is 328 Å². The summed E-state index contributed by atoms with van der Waals surface area (Å²) in [6, 6.07) is 13.0. The third-order valence-electron chi connectivity index (χ3n) is 10.7. The second kappa shape index (κ2) is 15.3. The number of carboxylic acid groups (broad SMARTS) is 1. The van der Waals surface area contributed by atoms with E-state index in [9.17, 15) is 31.5 Å². The predicted molar refractivity (Wildman–Crippen MR) is 206 cm³/mol. The van der Waals surface area contributed by atoms with Gasteiger partial charge in [0, 0.05) is 36.3 Å². The molecule has 17 heteroatoms. The number of aromatic nitrogens is 5. The van der Waals surface area contributed by atoms with E-state index in [0.717, 1.165) is 29.2 Å². The number of sulfonamides is 1. The number of nitrogens with one attached hydrogen (secondary N) is 2. The minimum atomic E-state index is -4.38. The lowest BCUT2D eigenvalue weighted by molar-refractivity contribution is -0.162. The normalized spacial score (nSPS) is 19.7. The first-order valence-corrected chi connectivity index (χ1v) is 20.1. The number of halogens is 3. The minimum absolute atomic E-state index is 0.0247. The Balaban J connectivity index is 1.19. The van der Waals surface area contributed by atoms with E-state index in [0.29, 0.717) is 35.1 Å². The van der Waals surface area contributed by atoms with Gasteiger partial charge in [0.1, 0.15) is 17.5 Å². The summed E-state index contributed by atoms with van der Waals surface area (Å²) < 4.78 is 85.7. The molecule has 1 aliphatic heterocycles. The van der Waals surface area contributed by atoms with Crippen LogP contribution in [0.25, 0.3) is 22.4 Å². The smallest absolute Gasteiger partial charge is 0.399 e. The number of hydrogen-bond acceptors (Lipinski definition) is 10. The molecule has 302 valence electrons. The summed E-state index contributed by atoms with van der Waals surface area (Å²) in [5, 5.41) is 13.1.